The van der Waals surface area contributed by atoms with Gasteiger partial charge in [0, 0.05) is 0 Å². The van der Waals surface area contributed by atoms with Crippen LogP contribution < -0.4 is 0 Å². The van der Waals surface area contributed by atoms with E-state index in [1.54, 1.807) is 0 Å². The third-order valence-corrected chi connectivity index (χ3v) is 3.19. The first kappa shape index (κ1) is 15.2. The Morgan fingerprint density at radius 1 is 0.733 bits per heavy atom. The Balaban J connectivity index is 2.86. The molecule has 0 radical (unpaired) electrons. The molecule has 0 aliphatic rings. The van der Waals surface area contributed by atoms with Crippen molar-refractivity contribution in [2.75, 3.05) is 0 Å². The first-order chi connectivity index (χ1) is 7.41. The molecule has 0 aliphatic heterocycles. The molecule has 0 atom stereocenters. The van der Waals surface area contributed by atoms with Gasteiger partial charge in [-0.1, -0.05) is 86.7 Å². The van der Waals surface area contributed by atoms with Crippen molar-refractivity contribution in [3.63, 3.8) is 0 Å². The summed E-state index contributed by atoms with van der Waals surface area (Å²) in [6.45, 7) is 2.28. The lowest BCUT2D eigenvalue weighted by atomic mass is 10.1. The minimum absolute atomic E-state index is 1.24. The largest absolute Gasteiger partial charge is 0.0776 e. The molecule has 0 aliphatic carbocycles. The van der Waals surface area contributed by atoms with Crippen LogP contribution in [0.5, 0.6) is 0 Å². The number of rotatable bonds is 11. The Labute approximate surface area is 105 Å². The van der Waals surface area contributed by atoms with Gasteiger partial charge in [-0.15, -0.1) is 0 Å². The Bertz CT molecular complexity index is 129. The van der Waals surface area contributed by atoms with Crippen LogP contribution in [0.1, 0.15) is 77.6 Å². The van der Waals surface area contributed by atoms with E-state index in [4.69, 9.17) is 0 Å². The van der Waals surface area contributed by atoms with Crippen LogP contribution >= 0.6 is 15.9 Å². The predicted molar refractivity (Wildman–Crippen MR) is 74.5 cm³/mol. The van der Waals surface area contributed by atoms with Gasteiger partial charge in [0.1, 0.15) is 0 Å². The van der Waals surface area contributed by atoms with E-state index in [1.165, 1.54) is 70.6 Å². The normalized spacial score (nSPS) is 11.3. The first-order valence-electron chi connectivity index (χ1n) is 6.67. The third kappa shape index (κ3) is 14.2. The molecular weight excluding hydrogens is 248 g/mol. The Kier molecular flexibility index (Phi) is 14.4. The van der Waals surface area contributed by atoms with E-state index in [1.807, 2.05) is 4.99 Å². The Hall–Kier alpha value is 0.220. The van der Waals surface area contributed by atoms with Crippen LogP contribution in [0.25, 0.3) is 0 Å². The number of hydrogen-bond acceptors (Lipinski definition) is 0. The van der Waals surface area contributed by atoms with E-state index in [0.717, 1.165) is 0 Å². The maximum atomic E-state index is 3.29. The van der Waals surface area contributed by atoms with Crippen LogP contribution in [-0.4, -0.2) is 0 Å². The van der Waals surface area contributed by atoms with E-state index in [9.17, 15) is 0 Å². The van der Waals surface area contributed by atoms with Crippen molar-refractivity contribution in [1.82, 2.24) is 0 Å². The summed E-state index contributed by atoms with van der Waals surface area (Å²) in [4.78, 5) is 1.97. The fourth-order valence-electron chi connectivity index (χ4n) is 1.81. The average molecular weight is 275 g/mol. The molecule has 0 amide bonds. The molecule has 0 unspecified atom stereocenters. The predicted octanol–water partition coefficient (Wildman–Crippen LogP) is 6.21. The quantitative estimate of drug-likeness (QED) is 0.393. The van der Waals surface area contributed by atoms with Crippen molar-refractivity contribution in [3.8, 4) is 0 Å². The monoisotopic (exact) mass is 274 g/mol. The lowest BCUT2D eigenvalue weighted by molar-refractivity contribution is 0.557. The molecule has 0 nitrogen and oxygen atoms in total. The zero-order valence-corrected chi connectivity index (χ0v) is 11.9. The van der Waals surface area contributed by atoms with Crippen LogP contribution in [0.2, 0.25) is 0 Å². The van der Waals surface area contributed by atoms with Gasteiger partial charge in [-0.3, -0.25) is 0 Å². The fraction of sp³-hybridized carbons (Fsp3) is 0.857. The van der Waals surface area contributed by atoms with Gasteiger partial charge in [-0.2, -0.15) is 0 Å². The second kappa shape index (κ2) is 14.2. The molecule has 0 spiro atoms. The Morgan fingerprint density at radius 2 is 1.20 bits per heavy atom. The van der Waals surface area contributed by atoms with Crippen LogP contribution in [0, 0.1) is 0 Å². The molecule has 0 aromatic rings. The van der Waals surface area contributed by atoms with Gasteiger partial charge in [-0.25, -0.2) is 0 Å². The molecular formula is C14H27Br. The maximum Gasteiger partial charge on any atom is -0.0229 e. The van der Waals surface area contributed by atoms with E-state index in [-0.39, 0.29) is 0 Å². The number of unbranched alkanes of at least 4 members (excludes halogenated alkanes) is 10. The van der Waals surface area contributed by atoms with Crippen molar-refractivity contribution in [2.45, 2.75) is 77.6 Å². The van der Waals surface area contributed by atoms with E-state index >= 15 is 0 Å². The van der Waals surface area contributed by atoms with Crippen LogP contribution in [-0.2, 0) is 0 Å². The van der Waals surface area contributed by atoms with Crippen molar-refractivity contribution < 1.29 is 0 Å². The molecule has 1 heteroatoms. The zero-order chi connectivity index (χ0) is 11.2. The summed E-state index contributed by atoms with van der Waals surface area (Å²) in [5.41, 5.74) is 0. The lowest BCUT2D eigenvalue weighted by Gasteiger charge is -2.01. The highest BCUT2D eigenvalue weighted by Crippen LogP contribution is 2.11. The summed E-state index contributed by atoms with van der Waals surface area (Å²) in [6.07, 6.45) is 17.7. The SMILES string of the molecule is CCCCCCCCCCCC/C=C/Br. The van der Waals surface area contributed by atoms with Crippen LogP contribution in [0.15, 0.2) is 11.1 Å². The fourth-order valence-corrected chi connectivity index (χ4v) is 2.08. The molecule has 90 valence electrons. The second-order valence-corrected chi connectivity index (χ2v) is 4.86. The Morgan fingerprint density at radius 3 is 1.67 bits per heavy atom. The van der Waals surface area contributed by atoms with Gasteiger partial charge < -0.3 is 0 Å². The molecule has 0 saturated heterocycles. The van der Waals surface area contributed by atoms with Gasteiger partial charge in [0.2, 0.25) is 0 Å². The molecule has 0 rings (SSSR count). The van der Waals surface area contributed by atoms with Crippen molar-refractivity contribution in [1.29, 1.82) is 0 Å². The van der Waals surface area contributed by atoms with Crippen molar-refractivity contribution in [3.05, 3.63) is 11.1 Å². The molecule has 0 aromatic heterocycles. The standard InChI is InChI=1S/C14H27Br/c1-2-3-4-5-6-7-8-9-10-11-12-13-14-15/h13-14H,2-12H2,1H3/b14-13+. The van der Waals surface area contributed by atoms with Crippen molar-refractivity contribution in [2.24, 2.45) is 0 Å². The number of allylic oxidation sites excluding steroid dienone is 1. The summed E-state index contributed by atoms with van der Waals surface area (Å²) in [7, 11) is 0. The smallest absolute Gasteiger partial charge is 0.0229 e. The number of halogens is 1. The van der Waals surface area contributed by atoms with E-state index < -0.39 is 0 Å². The van der Waals surface area contributed by atoms with Gasteiger partial charge in [-0.05, 0) is 17.8 Å². The minimum Gasteiger partial charge on any atom is -0.0776 e. The molecule has 0 bridgehead atoms. The van der Waals surface area contributed by atoms with Crippen LogP contribution in [0.4, 0.5) is 0 Å². The van der Waals surface area contributed by atoms with Gasteiger partial charge in [0.15, 0.2) is 0 Å². The average Bonchev–Trinajstić information content (AvgIpc) is 2.26. The summed E-state index contributed by atoms with van der Waals surface area (Å²) < 4.78 is 0. The topological polar surface area (TPSA) is 0 Å². The number of hydrogen-bond donors (Lipinski definition) is 0. The molecule has 0 fully saturated rings. The summed E-state index contributed by atoms with van der Waals surface area (Å²) >= 11 is 3.29. The van der Waals surface area contributed by atoms with Gasteiger partial charge in [0.25, 0.3) is 0 Å². The molecule has 15 heavy (non-hydrogen) atoms. The molecule has 0 heterocycles. The van der Waals surface area contributed by atoms with Crippen molar-refractivity contribution >= 4 is 15.9 Å². The second-order valence-electron chi connectivity index (χ2n) is 4.33. The van der Waals surface area contributed by atoms with E-state index in [0.29, 0.717) is 0 Å². The molecule has 0 saturated carbocycles. The summed E-state index contributed by atoms with van der Waals surface area (Å²) in [5, 5.41) is 0. The maximum absolute atomic E-state index is 3.29. The van der Waals surface area contributed by atoms with Crippen LogP contribution in [0.3, 0.4) is 0 Å². The van der Waals surface area contributed by atoms with Gasteiger partial charge >= 0.3 is 0 Å². The minimum atomic E-state index is 1.24. The third-order valence-electron chi connectivity index (χ3n) is 2.81. The van der Waals surface area contributed by atoms with Gasteiger partial charge in [0.05, 0.1) is 0 Å². The highest BCUT2D eigenvalue weighted by molar-refractivity contribution is 9.11. The highest BCUT2D eigenvalue weighted by Gasteiger charge is 1.91. The lowest BCUT2D eigenvalue weighted by Crippen LogP contribution is -1.81. The highest BCUT2D eigenvalue weighted by atomic mass is 79.9. The first-order valence-corrected chi connectivity index (χ1v) is 7.58. The molecule has 0 N–H and O–H groups in total. The summed E-state index contributed by atoms with van der Waals surface area (Å²) in [6, 6.07) is 0. The molecule has 0 aromatic carbocycles. The summed E-state index contributed by atoms with van der Waals surface area (Å²) in [5.74, 6) is 0. The van der Waals surface area contributed by atoms with E-state index in [2.05, 4.69) is 28.9 Å². The zero-order valence-electron chi connectivity index (χ0n) is 10.3.